The Bertz CT molecular complexity index is 633. The van der Waals surface area contributed by atoms with Gasteiger partial charge in [-0.15, -0.1) is 11.3 Å². The van der Waals surface area contributed by atoms with Crippen LogP contribution in [0.3, 0.4) is 0 Å². The third-order valence-electron chi connectivity index (χ3n) is 3.88. The first kappa shape index (κ1) is 15.7. The highest BCUT2D eigenvalue weighted by molar-refractivity contribution is 7.13. The molecule has 2 N–H and O–H groups in total. The first-order chi connectivity index (χ1) is 11.2. The molecule has 1 aliphatic heterocycles. The van der Waals surface area contributed by atoms with Crippen molar-refractivity contribution in [2.24, 2.45) is 10.7 Å². The number of halogens is 1. The molecule has 1 fully saturated rings. The Kier molecular flexibility index (Phi) is 5.07. The number of rotatable bonds is 4. The molecular weight excluding hydrogens is 313 g/mol. The van der Waals surface area contributed by atoms with Gasteiger partial charge in [0.25, 0.3) is 0 Å². The number of aromatic nitrogens is 1. The lowest BCUT2D eigenvalue weighted by Gasteiger charge is -2.35. The molecule has 7 heteroatoms. The molecule has 2 heterocycles. The maximum Gasteiger partial charge on any atom is 0.191 e. The van der Waals surface area contributed by atoms with Gasteiger partial charge in [-0.3, -0.25) is 4.99 Å². The largest absolute Gasteiger partial charge is 0.370 e. The van der Waals surface area contributed by atoms with E-state index in [1.165, 1.54) is 12.1 Å². The molecule has 1 saturated heterocycles. The average molecular weight is 333 g/mol. The van der Waals surface area contributed by atoms with Crippen LogP contribution in [-0.2, 0) is 6.42 Å². The topological polar surface area (TPSA) is 57.8 Å². The van der Waals surface area contributed by atoms with Crippen molar-refractivity contribution in [3.63, 3.8) is 0 Å². The highest BCUT2D eigenvalue weighted by Crippen LogP contribution is 2.18. The molecule has 0 bridgehead atoms. The number of thiazole rings is 1. The number of guanidine groups is 1. The minimum atomic E-state index is -0.213. The Balaban J connectivity index is 1.47. The van der Waals surface area contributed by atoms with E-state index in [4.69, 9.17) is 5.73 Å². The van der Waals surface area contributed by atoms with Gasteiger partial charge in [0, 0.05) is 44.3 Å². The second kappa shape index (κ2) is 7.41. The van der Waals surface area contributed by atoms with E-state index in [0.717, 1.165) is 43.3 Å². The third-order valence-corrected chi connectivity index (χ3v) is 4.71. The average Bonchev–Trinajstić information content (AvgIpc) is 3.11. The van der Waals surface area contributed by atoms with Gasteiger partial charge in [0.15, 0.2) is 11.1 Å². The maximum atomic E-state index is 12.9. The van der Waals surface area contributed by atoms with Gasteiger partial charge in [-0.2, -0.15) is 0 Å². The Morgan fingerprint density at radius 2 is 1.96 bits per heavy atom. The fraction of sp³-hybridized carbons (Fsp3) is 0.375. The predicted molar refractivity (Wildman–Crippen MR) is 92.5 cm³/mol. The van der Waals surface area contributed by atoms with Crippen molar-refractivity contribution in [2.75, 3.05) is 37.6 Å². The Morgan fingerprint density at radius 1 is 1.22 bits per heavy atom. The van der Waals surface area contributed by atoms with E-state index in [1.54, 1.807) is 23.5 Å². The van der Waals surface area contributed by atoms with Gasteiger partial charge < -0.3 is 15.5 Å². The normalized spacial score (nSPS) is 16.0. The van der Waals surface area contributed by atoms with E-state index in [1.807, 2.05) is 11.6 Å². The molecule has 1 aliphatic rings. The van der Waals surface area contributed by atoms with E-state index in [-0.39, 0.29) is 5.82 Å². The third kappa shape index (κ3) is 4.19. The van der Waals surface area contributed by atoms with Crippen LogP contribution in [0.15, 0.2) is 40.8 Å². The summed E-state index contributed by atoms with van der Waals surface area (Å²) in [7, 11) is 0. The molecule has 0 amide bonds. The molecule has 0 saturated carbocycles. The lowest BCUT2D eigenvalue weighted by atomic mass is 10.1. The van der Waals surface area contributed by atoms with Crippen LogP contribution in [0.2, 0.25) is 0 Å². The summed E-state index contributed by atoms with van der Waals surface area (Å²) in [6.45, 7) is 4.13. The zero-order chi connectivity index (χ0) is 16.1. The van der Waals surface area contributed by atoms with Crippen LogP contribution in [0.5, 0.6) is 0 Å². The van der Waals surface area contributed by atoms with E-state index < -0.39 is 0 Å². The van der Waals surface area contributed by atoms with Gasteiger partial charge >= 0.3 is 0 Å². The van der Waals surface area contributed by atoms with Crippen LogP contribution in [0.1, 0.15) is 5.56 Å². The van der Waals surface area contributed by atoms with Gasteiger partial charge in [0.1, 0.15) is 5.82 Å². The minimum Gasteiger partial charge on any atom is -0.370 e. The Morgan fingerprint density at radius 3 is 2.61 bits per heavy atom. The van der Waals surface area contributed by atoms with Crippen molar-refractivity contribution < 1.29 is 4.39 Å². The van der Waals surface area contributed by atoms with Crippen LogP contribution in [0, 0.1) is 5.82 Å². The van der Waals surface area contributed by atoms with Crippen molar-refractivity contribution in [1.29, 1.82) is 0 Å². The number of hydrogen-bond acceptors (Lipinski definition) is 4. The molecule has 5 nitrogen and oxygen atoms in total. The first-order valence-electron chi connectivity index (χ1n) is 7.66. The molecule has 0 spiro atoms. The van der Waals surface area contributed by atoms with E-state index >= 15 is 0 Å². The van der Waals surface area contributed by atoms with Crippen LogP contribution >= 0.6 is 11.3 Å². The summed E-state index contributed by atoms with van der Waals surface area (Å²) in [5.41, 5.74) is 7.15. The number of piperazine rings is 1. The molecule has 122 valence electrons. The Labute approximate surface area is 139 Å². The highest BCUT2D eigenvalue weighted by atomic mass is 32.1. The quantitative estimate of drug-likeness (QED) is 0.686. The number of hydrogen-bond donors (Lipinski definition) is 1. The zero-order valence-electron chi connectivity index (χ0n) is 12.9. The van der Waals surface area contributed by atoms with Gasteiger partial charge in [-0.1, -0.05) is 12.1 Å². The molecule has 1 aromatic heterocycles. The summed E-state index contributed by atoms with van der Waals surface area (Å²) in [5, 5.41) is 3.06. The monoisotopic (exact) mass is 333 g/mol. The number of aliphatic imine (C=N–C) groups is 1. The molecular formula is C16H20FN5S. The standard InChI is InChI=1S/C16H20FN5S/c17-14-3-1-13(2-4-14)5-6-19-15(18)21-8-10-22(11-9-21)16-20-7-12-23-16/h1-4,7,12H,5-6,8-11H2,(H2,18,19). The zero-order valence-corrected chi connectivity index (χ0v) is 13.7. The van der Waals surface area contributed by atoms with E-state index in [2.05, 4.69) is 19.8 Å². The van der Waals surface area contributed by atoms with Crippen LogP contribution in [0.25, 0.3) is 0 Å². The summed E-state index contributed by atoms with van der Waals surface area (Å²) < 4.78 is 12.9. The molecule has 1 aromatic carbocycles. The van der Waals surface area contributed by atoms with E-state index in [9.17, 15) is 4.39 Å². The maximum absolute atomic E-state index is 12.9. The molecule has 0 radical (unpaired) electrons. The summed E-state index contributed by atoms with van der Waals surface area (Å²) in [4.78, 5) is 13.2. The van der Waals surface area contributed by atoms with Crippen LogP contribution in [0.4, 0.5) is 9.52 Å². The second-order valence-corrected chi connectivity index (χ2v) is 6.28. The van der Waals surface area contributed by atoms with Gasteiger partial charge in [0.05, 0.1) is 0 Å². The van der Waals surface area contributed by atoms with Crippen LogP contribution in [-0.4, -0.2) is 48.6 Å². The molecule has 23 heavy (non-hydrogen) atoms. The van der Waals surface area contributed by atoms with Crippen molar-refractivity contribution in [2.45, 2.75) is 6.42 Å². The second-order valence-electron chi connectivity index (χ2n) is 5.41. The molecule has 3 rings (SSSR count). The Hall–Kier alpha value is -2.15. The fourth-order valence-electron chi connectivity index (χ4n) is 2.55. The molecule has 0 atom stereocenters. The van der Waals surface area contributed by atoms with Crippen LogP contribution < -0.4 is 10.6 Å². The summed E-state index contributed by atoms with van der Waals surface area (Å²) in [6, 6.07) is 6.52. The lowest BCUT2D eigenvalue weighted by molar-refractivity contribution is 0.380. The fourth-order valence-corrected chi connectivity index (χ4v) is 3.25. The van der Waals surface area contributed by atoms with E-state index in [0.29, 0.717) is 12.5 Å². The number of nitrogens with two attached hydrogens (primary N) is 1. The summed E-state index contributed by atoms with van der Waals surface area (Å²) in [5.74, 6) is 0.376. The van der Waals surface area contributed by atoms with Crippen molar-refractivity contribution in [1.82, 2.24) is 9.88 Å². The predicted octanol–water partition coefficient (Wildman–Crippen LogP) is 1.96. The van der Waals surface area contributed by atoms with Gasteiger partial charge in [-0.05, 0) is 24.1 Å². The smallest absolute Gasteiger partial charge is 0.191 e. The molecule has 0 unspecified atom stereocenters. The minimum absolute atomic E-state index is 0.213. The molecule has 0 aliphatic carbocycles. The first-order valence-corrected chi connectivity index (χ1v) is 8.54. The van der Waals surface area contributed by atoms with Crippen molar-refractivity contribution in [3.8, 4) is 0 Å². The number of anilines is 1. The molecule has 2 aromatic rings. The summed E-state index contributed by atoms with van der Waals surface area (Å²) in [6.07, 6.45) is 2.59. The number of benzene rings is 1. The van der Waals surface area contributed by atoms with Crippen molar-refractivity contribution >= 4 is 22.4 Å². The lowest BCUT2D eigenvalue weighted by Crippen LogP contribution is -2.51. The van der Waals surface area contributed by atoms with Gasteiger partial charge in [-0.25, -0.2) is 9.37 Å². The summed E-state index contributed by atoms with van der Waals surface area (Å²) >= 11 is 1.66. The SMILES string of the molecule is NC(=NCCc1ccc(F)cc1)N1CCN(c2nccs2)CC1. The number of nitrogens with zero attached hydrogens (tertiary/aromatic N) is 4. The highest BCUT2D eigenvalue weighted by Gasteiger charge is 2.19. The van der Waals surface area contributed by atoms with Gasteiger partial charge in [0.2, 0.25) is 0 Å². The van der Waals surface area contributed by atoms with Crippen molar-refractivity contribution in [3.05, 3.63) is 47.2 Å².